The van der Waals surface area contributed by atoms with E-state index in [1.165, 1.54) is 5.39 Å². The van der Waals surface area contributed by atoms with Crippen molar-refractivity contribution >= 4 is 16.7 Å². The molecule has 0 spiro atoms. The van der Waals surface area contributed by atoms with Crippen LogP contribution in [0.2, 0.25) is 0 Å². The number of nitrogens with zero attached hydrogens (tertiary/aromatic N) is 1. The molecule has 3 nitrogen and oxygen atoms in total. The molecule has 1 saturated heterocycles. The standard InChI is InChI=1S/C17H13NO2/c19-17(18-10-3-4-11-18)16-15(20-16)14-9-5-7-12-6-1-2-8-13(12)14/h1-11,15-16H/t15-,16+/m1/s1. The van der Waals surface area contributed by atoms with Crippen molar-refractivity contribution in [1.82, 2.24) is 4.57 Å². The van der Waals surface area contributed by atoms with Crippen molar-refractivity contribution in [3.8, 4) is 0 Å². The van der Waals surface area contributed by atoms with Gasteiger partial charge >= 0.3 is 0 Å². The van der Waals surface area contributed by atoms with Crippen LogP contribution >= 0.6 is 0 Å². The van der Waals surface area contributed by atoms with E-state index in [0.29, 0.717) is 0 Å². The second-order valence-corrected chi connectivity index (χ2v) is 4.97. The molecule has 20 heavy (non-hydrogen) atoms. The van der Waals surface area contributed by atoms with Gasteiger partial charge in [-0.3, -0.25) is 9.36 Å². The lowest BCUT2D eigenvalue weighted by molar-refractivity contribution is 0.0872. The lowest BCUT2D eigenvalue weighted by Crippen LogP contribution is -2.15. The number of hydrogen-bond acceptors (Lipinski definition) is 2. The van der Waals surface area contributed by atoms with Crippen LogP contribution in [-0.4, -0.2) is 16.6 Å². The largest absolute Gasteiger partial charge is 0.354 e. The maximum atomic E-state index is 12.2. The van der Waals surface area contributed by atoms with Gasteiger partial charge in [-0.05, 0) is 28.5 Å². The topological polar surface area (TPSA) is 34.5 Å². The maximum Gasteiger partial charge on any atom is 0.262 e. The third-order valence-electron chi connectivity index (χ3n) is 3.72. The summed E-state index contributed by atoms with van der Waals surface area (Å²) in [5, 5.41) is 2.33. The van der Waals surface area contributed by atoms with Crippen molar-refractivity contribution in [3.05, 3.63) is 72.6 Å². The lowest BCUT2D eigenvalue weighted by atomic mass is 10.0. The van der Waals surface area contributed by atoms with Crippen molar-refractivity contribution in [3.63, 3.8) is 0 Å². The van der Waals surface area contributed by atoms with Crippen LogP contribution in [0.15, 0.2) is 67.0 Å². The molecule has 0 amide bonds. The number of carbonyl (C=O) groups excluding carboxylic acids is 1. The maximum absolute atomic E-state index is 12.2. The molecule has 0 unspecified atom stereocenters. The van der Waals surface area contributed by atoms with Gasteiger partial charge in [0.15, 0.2) is 6.10 Å². The summed E-state index contributed by atoms with van der Waals surface area (Å²) < 4.78 is 7.21. The first-order valence-corrected chi connectivity index (χ1v) is 6.65. The third kappa shape index (κ3) is 1.75. The molecule has 1 fully saturated rings. The molecule has 0 aliphatic carbocycles. The molecule has 1 aliphatic rings. The Labute approximate surface area is 116 Å². The first-order valence-electron chi connectivity index (χ1n) is 6.65. The van der Waals surface area contributed by atoms with Gasteiger partial charge in [0.05, 0.1) is 0 Å². The number of epoxide rings is 1. The van der Waals surface area contributed by atoms with Gasteiger partial charge in [-0.1, -0.05) is 42.5 Å². The Balaban J connectivity index is 1.68. The van der Waals surface area contributed by atoms with Crippen LogP contribution in [0.3, 0.4) is 0 Å². The van der Waals surface area contributed by atoms with Crippen LogP contribution in [0.4, 0.5) is 0 Å². The van der Waals surface area contributed by atoms with Crippen LogP contribution in [0, 0.1) is 0 Å². The van der Waals surface area contributed by atoms with E-state index in [1.54, 1.807) is 17.0 Å². The second-order valence-electron chi connectivity index (χ2n) is 4.97. The average Bonchev–Trinajstić information content (AvgIpc) is 3.09. The molecule has 0 N–H and O–H groups in total. The third-order valence-corrected chi connectivity index (χ3v) is 3.72. The van der Waals surface area contributed by atoms with Crippen LogP contribution < -0.4 is 0 Å². The molecule has 3 heteroatoms. The molecule has 0 bridgehead atoms. The molecule has 2 aromatic carbocycles. The Morgan fingerprint density at radius 3 is 2.55 bits per heavy atom. The van der Waals surface area contributed by atoms with Gasteiger partial charge < -0.3 is 4.74 Å². The van der Waals surface area contributed by atoms with Gasteiger partial charge in [-0.25, -0.2) is 0 Å². The predicted molar refractivity (Wildman–Crippen MR) is 76.6 cm³/mol. The van der Waals surface area contributed by atoms with Crippen LogP contribution in [0.1, 0.15) is 16.5 Å². The quantitative estimate of drug-likeness (QED) is 0.664. The predicted octanol–water partition coefficient (Wildman–Crippen LogP) is 3.42. The number of hydrogen-bond donors (Lipinski definition) is 0. The van der Waals surface area contributed by atoms with Gasteiger partial charge in [0.1, 0.15) is 6.10 Å². The summed E-state index contributed by atoms with van der Waals surface area (Å²) in [6.45, 7) is 0. The minimum atomic E-state index is -0.367. The summed E-state index contributed by atoms with van der Waals surface area (Å²) in [5.74, 6) is -0.00654. The first-order chi connectivity index (χ1) is 9.84. The summed E-state index contributed by atoms with van der Waals surface area (Å²) in [4.78, 5) is 12.2. The summed E-state index contributed by atoms with van der Waals surface area (Å²) in [7, 11) is 0. The van der Waals surface area contributed by atoms with Gasteiger partial charge in [-0.15, -0.1) is 0 Å². The highest BCUT2D eigenvalue weighted by Crippen LogP contribution is 2.42. The molecule has 4 rings (SSSR count). The van der Waals surface area contributed by atoms with Crippen molar-refractivity contribution in [2.75, 3.05) is 0 Å². The zero-order valence-electron chi connectivity index (χ0n) is 10.8. The molecule has 0 saturated carbocycles. The minimum absolute atomic E-state index is 0.00654. The Morgan fingerprint density at radius 2 is 1.70 bits per heavy atom. The molecular weight excluding hydrogens is 250 g/mol. The first kappa shape index (κ1) is 11.4. The fraction of sp³-hybridized carbons (Fsp3) is 0.118. The number of fused-ring (bicyclic) bond motifs is 1. The van der Waals surface area contributed by atoms with Gasteiger partial charge in [-0.2, -0.15) is 0 Å². The number of rotatable bonds is 2. The summed E-state index contributed by atoms with van der Waals surface area (Å²) in [6.07, 6.45) is 3.01. The van der Waals surface area contributed by atoms with E-state index in [9.17, 15) is 4.79 Å². The highest BCUT2D eigenvalue weighted by Gasteiger charge is 2.47. The lowest BCUT2D eigenvalue weighted by Gasteiger charge is -2.03. The molecular formula is C17H13NO2. The number of benzene rings is 2. The minimum Gasteiger partial charge on any atom is -0.354 e. The van der Waals surface area contributed by atoms with Gasteiger partial charge in [0.25, 0.3) is 5.91 Å². The van der Waals surface area contributed by atoms with E-state index in [0.717, 1.165) is 10.9 Å². The van der Waals surface area contributed by atoms with E-state index < -0.39 is 0 Å². The van der Waals surface area contributed by atoms with Crippen molar-refractivity contribution < 1.29 is 9.53 Å². The monoisotopic (exact) mass is 263 g/mol. The summed E-state index contributed by atoms with van der Waals surface area (Å²) in [6, 6.07) is 18.0. The Hall–Kier alpha value is -2.39. The van der Waals surface area contributed by atoms with Gasteiger partial charge in [0, 0.05) is 12.4 Å². The zero-order valence-corrected chi connectivity index (χ0v) is 10.8. The van der Waals surface area contributed by atoms with Gasteiger partial charge in [0.2, 0.25) is 0 Å². The Morgan fingerprint density at radius 1 is 0.950 bits per heavy atom. The number of ether oxygens (including phenoxy) is 1. The van der Waals surface area contributed by atoms with E-state index in [2.05, 4.69) is 18.2 Å². The number of carbonyl (C=O) groups is 1. The van der Waals surface area contributed by atoms with Crippen molar-refractivity contribution in [1.29, 1.82) is 0 Å². The SMILES string of the molecule is O=C([C@H]1O[C@@H]1c1cccc2ccccc12)n1cccc1. The molecule has 3 aromatic rings. The summed E-state index contributed by atoms with van der Waals surface area (Å²) >= 11 is 0. The molecule has 98 valence electrons. The molecule has 1 aliphatic heterocycles. The zero-order chi connectivity index (χ0) is 13.5. The van der Waals surface area contributed by atoms with Crippen LogP contribution in [0.5, 0.6) is 0 Å². The van der Waals surface area contributed by atoms with E-state index in [1.807, 2.05) is 36.4 Å². The molecule has 2 heterocycles. The van der Waals surface area contributed by atoms with Crippen molar-refractivity contribution in [2.24, 2.45) is 0 Å². The fourth-order valence-corrected chi connectivity index (χ4v) is 2.66. The van der Waals surface area contributed by atoms with Crippen LogP contribution in [-0.2, 0) is 4.74 Å². The Kier molecular flexibility index (Phi) is 2.47. The van der Waals surface area contributed by atoms with E-state index >= 15 is 0 Å². The fourth-order valence-electron chi connectivity index (χ4n) is 2.66. The second kappa shape index (κ2) is 4.32. The average molecular weight is 263 g/mol. The van der Waals surface area contributed by atoms with E-state index in [-0.39, 0.29) is 18.1 Å². The molecule has 1 aromatic heterocycles. The smallest absolute Gasteiger partial charge is 0.262 e. The molecule has 0 radical (unpaired) electrons. The normalized spacial score (nSPS) is 21.0. The van der Waals surface area contributed by atoms with Crippen LogP contribution in [0.25, 0.3) is 10.8 Å². The van der Waals surface area contributed by atoms with E-state index in [4.69, 9.17) is 4.74 Å². The highest BCUT2D eigenvalue weighted by atomic mass is 16.6. The number of aromatic nitrogens is 1. The Bertz CT molecular complexity index is 771. The van der Waals surface area contributed by atoms with Crippen molar-refractivity contribution in [2.45, 2.75) is 12.2 Å². The highest BCUT2D eigenvalue weighted by molar-refractivity contribution is 5.90. The summed E-state index contributed by atoms with van der Waals surface area (Å²) in [5.41, 5.74) is 1.09. The molecule has 2 atom stereocenters.